The molecule has 2 amide bonds. The number of hydrogen-bond acceptors (Lipinski definition) is 2. The molecule has 0 saturated carbocycles. The van der Waals surface area contributed by atoms with Crippen molar-refractivity contribution in [3.8, 4) is 0 Å². The van der Waals surface area contributed by atoms with E-state index in [-0.39, 0.29) is 6.04 Å². The Hall–Kier alpha value is -2.30. The van der Waals surface area contributed by atoms with Crippen LogP contribution in [0.15, 0.2) is 40.8 Å². The lowest BCUT2D eigenvalue weighted by molar-refractivity contribution is 0.247. The van der Waals surface area contributed by atoms with Crippen molar-refractivity contribution in [2.75, 3.05) is 5.32 Å². The van der Waals surface area contributed by atoms with Gasteiger partial charge in [0.05, 0.1) is 6.04 Å². The molecule has 0 bridgehead atoms. The van der Waals surface area contributed by atoms with Crippen LogP contribution in [0.4, 0.5) is 14.9 Å². The number of benzene rings is 1. The van der Waals surface area contributed by atoms with E-state index in [1.807, 2.05) is 26.0 Å². The van der Waals surface area contributed by atoms with Crippen LogP contribution in [-0.2, 0) is 0 Å². The molecule has 5 heteroatoms. The summed E-state index contributed by atoms with van der Waals surface area (Å²) in [4.78, 5) is 11.7. The third-order valence-electron chi connectivity index (χ3n) is 2.62. The summed E-state index contributed by atoms with van der Waals surface area (Å²) >= 11 is 0. The first-order chi connectivity index (χ1) is 9.04. The third kappa shape index (κ3) is 3.58. The van der Waals surface area contributed by atoms with Crippen LogP contribution in [0, 0.1) is 12.7 Å². The summed E-state index contributed by atoms with van der Waals surface area (Å²) in [5, 5.41) is 5.27. The molecule has 0 radical (unpaired) electrons. The van der Waals surface area contributed by atoms with E-state index in [1.54, 1.807) is 6.07 Å². The molecule has 4 nitrogen and oxygen atoms in total. The summed E-state index contributed by atoms with van der Waals surface area (Å²) in [5.41, 5.74) is 0.403. The highest BCUT2D eigenvalue weighted by atomic mass is 19.1. The van der Waals surface area contributed by atoms with Crippen molar-refractivity contribution in [2.24, 2.45) is 0 Å². The summed E-state index contributed by atoms with van der Waals surface area (Å²) in [5.74, 6) is 1.06. The smallest absolute Gasteiger partial charge is 0.319 e. The van der Waals surface area contributed by atoms with Crippen molar-refractivity contribution >= 4 is 11.7 Å². The van der Waals surface area contributed by atoms with Crippen LogP contribution in [0.1, 0.15) is 24.5 Å². The molecule has 2 N–H and O–H groups in total. The Morgan fingerprint density at radius 1 is 1.32 bits per heavy atom. The molecule has 0 saturated heterocycles. The molecule has 0 fully saturated rings. The Labute approximate surface area is 110 Å². The highest BCUT2D eigenvalue weighted by Crippen LogP contribution is 2.16. The van der Waals surface area contributed by atoms with Gasteiger partial charge in [-0.2, -0.15) is 0 Å². The van der Waals surface area contributed by atoms with E-state index in [9.17, 15) is 9.18 Å². The Morgan fingerprint density at radius 2 is 2.11 bits per heavy atom. The molecular weight excluding hydrogens is 247 g/mol. The lowest BCUT2D eigenvalue weighted by atomic mass is 10.2. The normalized spacial score (nSPS) is 11.9. The topological polar surface area (TPSA) is 54.3 Å². The second kappa shape index (κ2) is 5.56. The zero-order valence-electron chi connectivity index (χ0n) is 10.7. The number of rotatable bonds is 3. The molecule has 1 heterocycles. The number of carbonyl (C=O) groups is 1. The van der Waals surface area contributed by atoms with Gasteiger partial charge in [-0.25, -0.2) is 9.18 Å². The number of amides is 2. The highest BCUT2D eigenvalue weighted by molar-refractivity contribution is 5.89. The molecule has 1 atom stereocenters. The maximum absolute atomic E-state index is 13.0. The minimum atomic E-state index is -0.410. The van der Waals surface area contributed by atoms with Gasteiger partial charge in [0, 0.05) is 5.69 Å². The van der Waals surface area contributed by atoms with Gasteiger partial charge in [0.1, 0.15) is 17.3 Å². The molecule has 2 aromatic rings. The van der Waals surface area contributed by atoms with Gasteiger partial charge >= 0.3 is 6.03 Å². The number of hydrogen-bond donors (Lipinski definition) is 2. The molecular formula is C14H15FN2O2. The standard InChI is InChI=1S/C14H15FN2O2/c1-9-6-7-13(19-9)10(2)16-14(18)17-12-5-3-4-11(15)8-12/h3-8,10H,1-2H3,(H2,16,17,18)/t10-/m1/s1. The zero-order chi connectivity index (χ0) is 13.8. The van der Waals surface area contributed by atoms with Crippen molar-refractivity contribution in [2.45, 2.75) is 19.9 Å². The first-order valence-electron chi connectivity index (χ1n) is 5.94. The lowest BCUT2D eigenvalue weighted by Gasteiger charge is -2.12. The van der Waals surface area contributed by atoms with Crippen LogP contribution in [0.25, 0.3) is 0 Å². The van der Waals surface area contributed by atoms with Crippen LogP contribution < -0.4 is 10.6 Å². The highest BCUT2D eigenvalue weighted by Gasteiger charge is 2.12. The molecule has 0 aliphatic carbocycles. The van der Waals surface area contributed by atoms with Crippen LogP contribution in [-0.4, -0.2) is 6.03 Å². The molecule has 1 aromatic heterocycles. The lowest BCUT2D eigenvalue weighted by Crippen LogP contribution is -2.30. The van der Waals surface area contributed by atoms with E-state index < -0.39 is 11.8 Å². The summed E-state index contributed by atoms with van der Waals surface area (Å²) in [6.07, 6.45) is 0. The first-order valence-corrected chi connectivity index (χ1v) is 5.94. The molecule has 0 aliphatic heterocycles. The maximum Gasteiger partial charge on any atom is 0.319 e. The predicted octanol–water partition coefficient (Wildman–Crippen LogP) is 3.61. The Bertz CT molecular complexity index is 580. The molecule has 1 aromatic carbocycles. The number of nitrogens with one attached hydrogen (secondary N) is 2. The third-order valence-corrected chi connectivity index (χ3v) is 2.62. The average molecular weight is 262 g/mol. The summed E-state index contributed by atoms with van der Waals surface area (Å²) < 4.78 is 18.4. The van der Waals surface area contributed by atoms with Crippen LogP contribution in [0.5, 0.6) is 0 Å². The second-order valence-corrected chi connectivity index (χ2v) is 4.28. The van der Waals surface area contributed by atoms with Gasteiger partial charge in [-0.05, 0) is 44.2 Å². The summed E-state index contributed by atoms with van der Waals surface area (Å²) in [6.45, 7) is 3.65. The van der Waals surface area contributed by atoms with Gasteiger partial charge in [-0.1, -0.05) is 6.07 Å². The first kappa shape index (κ1) is 13.1. The fraction of sp³-hybridized carbons (Fsp3) is 0.214. The molecule has 0 spiro atoms. The van der Waals surface area contributed by atoms with Crippen molar-refractivity contribution in [1.82, 2.24) is 5.32 Å². The van der Waals surface area contributed by atoms with Crippen LogP contribution >= 0.6 is 0 Å². The van der Waals surface area contributed by atoms with Gasteiger partial charge in [0.2, 0.25) is 0 Å². The van der Waals surface area contributed by atoms with E-state index in [2.05, 4.69) is 10.6 Å². The van der Waals surface area contributed by atoms with Gasteiger partial charge in [-0.15, -0.1) is 0 Å². The maximum atomic E-state index is 13.0. The Morgan fingerprint density at radius 3 is 2.74 bits per heavy atom. The van der Waals surface area contributed by atoms with Crippen molar-refractivity contribution < 1.29 is 13.6 Å². The molecule has 100 valence electrons. The monoisotopic (exact) mass is 262 g/mol. The van der Waals surface area contributed by atoms with E-state index in [0.717, 1.165) is 5.76 Å². The zero-order valence-corrected chi connectivity index (χ0v) is 10.7. The van der Waals surface area contributed by atoms with Gasteiger partial charge in [0.15, 0.2) is 0 Å². The van der Waals surface area contributed by atoms with Crippen LogP contribution in [0.3, 0.4) is 0 Å². The SMILES string of the molecule is Cc1ccc([C@@H](C)NC(=O)Nc2cccc(F)c2)o1. The van der Waals surface area contributed by atoms with E-state index in [4.69, 9.17) is 4.42 Å². The Kier molecular flexibility index (Phi) is 3.85. The number of halogens is 1. The number of urea groups is 1. The predicted molar refractivity (Wildman–Crippen MR) is 70.4 cm³/mol. The summed E-state index contributed by atoms with van der Waals surface area (Å²) in [6, 6.07) is 8.68. The molecule has 19 heavy (non-hydrogen) atoms. The average Bonchev–Trinajstić information content (AvgIpc) is 2.75. The van der Waals surface area contributed by atoms with E-state index in [0.29, 0.717) is 11.4 Å². The minimum Gasteiger partial charge on any atom is -0.464 e. The quantitative estimate of drug-likeness (QED) is 0.887. The fourth-order valence-electron chi connectivity index (χ4n) is 1.69. The van der Waals surface area contributed by atoms with E-state index >= 15 is 0 Å². The van der Waals surface area contributed by atoms with Crippen LogP contribution in [0.2, 0.25) is 0 Å². The van der Waals surface area contributed by atoms with E-state index in [1.165, 1.54) is 18.2 Å². The largest absolute Gasteiger partial charge is 0.464 e. The number of anilines is 1. The molecule has 0 unspecified atom stereocenters. The number of furan rings is 1. The number of carbonyl (C=O) groups excluding carboxylic acids is 1. The molecule has 2 rings (SSSR count). The minimum absolute atomic E-state index is 0.262. The summed E-state index contributed by atoms with van der Waals surface area (Å²) in [7, 11) is 0. The van der Waals surface area contributed by atoms with Gasteiger partial charge in [-0.3, -0.25) is 0 Å². The Balaban J connectivity index is 1.94. The van der Waals surface area contributed by atoms with Crippen molar-refractivity contribution in [3.63, 3.8) is 0 Å². The van der Waals surface area contributed by atoms with Crippen molar-refractivity contribution in [1.29, 1.82) is 0 Å². The van der Waals surface area contributed by atoms with Crippen molar-refractivity contribution in [3.05, 3.63) is 53.7 Å². The van der Waals surface area contributed by atoms with Gasteiger partial charge in [0.25, 0.3) is 0 Å². The fourth-order valence-corrected chi connectivity index (χ4v) is 1.69. The second-order valence-electron chi connectivity index (χ2n) is 4.28. The van der Waals surface area contributed by atoms with Gasteiger partial charge < -0.3 is 15.1 Å². The molecule has 0 aliphatic rings. The number of aryl methyl sites for hydroxylation is 1.